The van der Waals surface area contributed by atoms with Gasteiger partial charge in [-0.2, -0.15) is 0 Å². The van der Waals surface area contributed by atoms with Crippen LogP contribution in [0.1, 0.15) is 178 Å². The maximum Gasteiger partial charge on any atom is 0.113 e. The van der Waals surface area contributed by atoms with Crippen LogP contribution in [0.4, 0.5) is 0 Å². The van der Waals surface area contributed by atoms with Crippen molar-refractivity contribution < 1.29 is 26.2 Å². The molecule has 0 fully saturated rings. The van der Waals surface area contributed by atoms with Crippen LogP contribution >= 0.6 is 51.6 Å². The molecule has 7 unspecified atom stereocenters. The van der Waals surface area contributed by atoms with E-state index in [1.807, 2.05) is 6.92 Å². The van der Waals surface area contributed by atoms with Crippen LogP contribution in [0, 0.1) is 57.2 Å². The predicted octanol–water partition coefficient (Wildman–Crippen LogP) is 13.9. The van der Waals surface area contributed by atoms with Crippen LogP contribution in [0.3, 0.4) is 0 Å². The summed E-state index contributed by atoms with van der Waals surface area (Å²) in [7, 11) is 7.36. The Labute approximate surface area is 378 Å². The summed E-state index contributed by atoms with van der Waals surface area (Å²) in [6, 6.07) is 0. The monoisotopic (exact) mass is 879 g/mol. The summed E-state index contributed by atoms with van der Waals surface area (Å²) < 4.78 is 36.3. The maximum absolute atomic E-state index is 7.36. The number of hydrogen-bond acceptors (Lipinski definition) is 10. The van der Waals surface area contributed by atoms with Crippen LogP contribution in [-0.4, -0.2) is 55.6 Å². The minimum Gasteiger partial charge on any atom is -0.379 e. The molecule has 338 valence electrons. The highest BCUT2D eigenvalue weighted by Gasteiger charge is 2.46. The lowest BCUT2D eigenvalue weighted by Crippen LogP contribution is -2.51. The molecule has 7 atom stereocenters. The number of allylic oxidation sites excluding steroid dienone is 2. The fraction of sp³-hybridized carbons (Fsp3) is 0.957. The Bertz CT molecular complexity index is 1220. The molecule has 11 heteroatoms. The van der Waals surface area contributed by atoms with Gasteiger partial charge in [0.25, 0.3) is 0 Å². The van der Waals surface area contributed by atoms with E-state index in [1.165, 1.54) is 5.57 Å². The van der Waals surface area contributed by atoms with Gasteiger partial charge < -0.3 is 26.2 Å². The van der Waals surface area contributed by atoms with Crippen molar-refractivity contribution in [1.29, 1.82) is 0 Å². The van der Waals surface area contributed by atoms with Crippen molar-refractivity contribution in [3.63, 3.8) is 0 Å². The van der Waals surface area contributed by atoms with E-state index in [0.29, 0.717) is 19.8 Å². The summed E-state index contributed by atoms with van der Waals surface area (Å²) in [6.45, 7) is 50.2. The molecule has 57 heavy (non-hydrogen) atoms. The molecule has 0 heterocycles. The Morgan fingerprint density at radius 1 is 0.544 bits per heavy atom. The third kappa shape index (κ3) is 19.5. The van der Waals surface area contributed by atoms with E-state index in [0.717, 1.165) is 25.7 Å². The van der Waals surface area contributed by atoms with Gasteiger partial charge in [-0.1, -0.05) is 94.7 Å². The highest BCUT2D eigenvalue weighted by molar-refractivity contribution is 7.75. The van der Waals surface area contributed by atoms with Crippen molar-refractivity contribution >= 4 is 59.5 Å². The summed E-state index contributed by atoms with van der Waals surface area (Å²) in [6.07, 6.45) is 5.68. The van der Waals surface area contributed by atoms with Crippen molar-refractivity contribution in [2.75, 3.05) is 19.8 Å². The molecule has 0 saturated carbocycles. The number of ether oxygens (including phenoxy) is 2. The standard InChI is InChI=1S/C46H91BO6S4/c1-31(35(27-49-54)40(10,11)29-44(18,19)52-56)23-42(14,15)48-26-37(39(8,9)25-33(3)38(5,6)7)34(4)46(22,47)51-43(16,17)24-32(2)36(28-50-55)41(12,13)30-45(20,21)53-57/h25,31-32,34-37,54-57H,23-24,26-30H2,1-22H3/b33-25+. The molecule has 0 N–H and O–H groups in total. The Morgan fingerprint density at radius 2 is 0.912 bits per heavy atom. The average molecular weight is 879 g/mol. The van der Waals surface area contributed by atoms with Crippen molar-refractivity contribution in [3.8, 4) is 0 Å². The van der Waals surface area contributed by atoms with Gasteiger partial charge in [0.15, 0.2) is 0 Å². The zero-order valence-corrected chi connectivity index (χ0v) is 44.4. The molecule has 0 aromatic heterocycles. The van der Waals surface area contributed by atoms with E-state index in [-0.39, 0.29) is 62.8 Å². The van der Waals surface area contributed by atoms with Gasteiger partial charge in [0.05, 0.1) is 42.2 Å². The van der Waals surface area contributed by atoms with E-state index in [4.69, 9.17) is 34.1 Å². The molecule has 0 aliphatic rings. The smallest absolute Gasteiger partial charge is 0.113 e. The van der Waals surface area contributed by atoms with E-state index in [9.17, 15) is 0 Å². The van der Waals surface area contributed by atoms with Crippen LogP contribution in [0.5, 0.6) is 0 Å². The maximum atomic E-state index is 7.36. The van der Waals surface area contributed by atoms with Gasteiger partial charge in [0.2, 0.25) is 0 Å². The molecule has 0 rings (SSSR count). The second-order valence-electron chi connectivity index (χ2n) is 23.6. The zero-order chi connectivity index (χ0) is 45.4. The third-order valence-corrected chi connectivity index (χ3v) is 14.4. The lowest BCUT2D eigenvalue weighted by Gasteiger charge is -2.49. The minimum atomic E-state index is -0.969. The molecule has 0 aliphatic carbocycles. The average Bonchev–Trinajstić information content (AvgIpc) is 2.99. The van der Waals surface area contributed by atoms with Gasteiger partial charge in [-0.3, -0.25) is 0 Å². The van der Waals surface area contributed by atoms with Crippen molar-refractivity contribution in [3.05, 3.63) is 11.6 Å². The first-order valence-corrected chi connectivity index (χ1v) is 22.7. The lowest BCUT2D eigenvalue weighted by atomic mass is 9.60. The van der Waals surface area contributed by atoms with Gasteiger partial charge in [0, 0.05) is 5.50 Å². The minimum absolute atomic E-state index is 0.0277. The Hall–Kier alpha value is 0.965. The van der Waals surface area contributed by atoms with E-state index >= 15 is 0 Å². The second kappa shape index (κ2) is 22.0. The molecule has 2 radical (unpaired) electrons. The highest BCUT2D eigenvalue weighted by Crippen LogP contribution is 2.48. The van der Waals surface area contributed by atoms with E-state index < -0.39 is 22.3 Å². The van der Waals surface area contributed by atoms with Crippen molar-refractivity contribution in [1.82, 2.24) is 0 Å². The molecule has 0 aromatic rings. The van der Waals surface area contributed by atoms with Crippen molar-refractivity contribution in [2.24, 2.45) is 57.2 Å². The van der Waals surface area contributed by atoms with Crippen LogP contribution in [0.2, 0.25) is 0 Å². The Kier molecular flexibility index (Phi) is 22.4. The lowest BCUT2D eigenvalue weighted by molar-refractivity contribution is -0.153. The zero-order valence-electron chi connectivity index (χ0n) is 40.8. The summed E-state index contributed by atoms with van der Waals surface area (Å²) in [5.74, 6) is 0.855. The van der Waals surface area contributed by atoms with Crippen LogP contribution in [0.25, 0.3) is 0 Å². The predicted molar refractivity (Wildman–Crippen MR) is 259 cm³/mol. The molecule has 0 aromatic carbocycles. The summed E-state index contributed by atoms with van der Waals surface area (Å²) in [4.78, 5) is 0. The number of rotatable bonds is 27. The van der Waals surface area contributed by atoms with Crippen molar-refractivity contribution in [2.45, 2.75) is 206 Å². The van der Waals surface area contributed by atoms with Gasteiger partial charge in [-0.25, -0.2) is 0 Å². The largest absolute Gasteiger partial charge is 0.379 e. The molecular formula is C46H91BO6S4. The molecule has 0 amide bonds. The molecule has 0 aliphatic heterocycles. The molecule has 0 bridgehead atoms. The number of hydrogen-bond donors (Lipinski definition) is 4. The molecule has 0 saturated heterocycles. The SMILES string of the molecule is [B]C(C)(OC(C)(C)CC(C)C(COS)C(C)(C)CC(C)(C)OS)C(C)C(COC(C)(C)CC(C)C(COS)C(C)(C)CC(C)(C)OS)C(C)(C)/C=C(\C)C(C)(C)C. The first-order chi connectivity index (χ1) is 25.3. The molecule has 6 nitrogen and oxygen atoms in total. The fourth-order valence-corrected chi connectivity index (χ4v) is 10.7. The highest BCUT2D eigenvalue weighted by atomic mass is 32.1. The molecular weight excluding hydrogens is 788 g/mol. The Morgan fingerprint density at radius 3 is 1.25 bits per heavy atom. The van der Waals surface area contributed by atoms with Crippen LogP contribution in [-0.2, 0) is 26.2 Å². The summed E-state index contributed by atoms with van der Waals surface area (Å²) in [5.41, 5.74) is -1.84. The molecule has 0 spiro atoms. The first kappa shape index (κ1) is 58.0. The van der Waals surface area contributed by atoms with Gasteiger partial charge in [-0.15, -0.1) is 0 Å². The van der Waals surface area contributed by atoms with Crippen LogP contribution in [0.15, 0.2) is 11.6 Å². The normalized spacial score (nSPS) is 19.2. The first-order valence-electron chi connectivity index (χ1n) is 21.3. The Balaban J connectivity index is 6.69. The van der Waals surface area contributed by atoms with Crippen LogP contribution < -0.4 is 0 Å². The second-order valence-corrected chi connectivity index (χ2v) is 24.5. The van der Waals surface area contributed by atoms with Gasteiger partial charge >= 0.3 is 0 Å². The third-order valence-electron chi connectivity index (χ3n) is 13.2. The van der Waals surface area contributed by atoms with E-state index in [1.54, 1.807) is 0 Å². The summed E-state index contributed by atoms with van der Waals surface area (Å²) >= 11 is 16.7. The van der Waals surface area contributed by atoms with E-state index in [2.05, 4.69) is 203 Å². The topological polar surface area (TPSA) is 55.4 Å². The number of thiol groups is 4. The fourth-order valence-electron chi connectivity index (χ4n) is 10.2. The van der Waals surface area contributed by atoms with Gasteiger partial charge in [0.1, 0.15) is 7.85 Å². The quantitative estimate of drug-likeness (QED) is 0.0285. The van der Waals surface area contributed by atoms with Gasteiger partial charge in [-0.05, 0) is 204 Å². The summed E-state index contributed by atoms with van der Waals surface area (Å²) in [5, 5.41) is 0.